The molecule has 2 N–H and O–H groups in total. The summed E-state index contributed by atoms with van der Waals surface area (Å²) in [6.45, 7) is 5.64. The maximum atomic E-state index is 6.12. The minimum atomic E-state index is 0.387. The molecule has 0 aliphatic carbocycles. The van der Waals surface area contributed by atoms with Crippen LogP contribution in [0.5, 0.6) is 0 Å². The predicted molar refractivity (Wildman–Crippen MR) is 73.8 cm³/mol. The van der Waals surface area contributed by atoms with Gasteiger partial charge in [0.2, 0.25) is 0 Å². The second-order valence-corrected chi connectivity index (χ2v) is 4.99. The Kier molecular flexibility index (Phi) is 5.19. The summed E-state index contributed by atoms with van der Waals surface area (Å²) in [4.78, 5) is 2.71. The second kappa shape index (κ2) is 6.18. The average molecular weight is 257 g/mol. The van der Waals surface area contributed by atoms with E-state index in [2.05, 4.69) is 18.7 Å². The van der Waals surface area contributed by atoms with E-state index in [9.17, 15) is 0 Å². The van der Waals surface area contributed by atoms with Crippen molar-refractivity contribution in [2.75, 3.05) is 6.54 Å². The first-order valence-electron chi connectivity index (χ1n) is 5.26. The fraction of sp³-hybridized carbons (Fsp3) is 0.417. The SMILES string of the molecule is CC(C)N(CC(N)=S)Cc1ccccc1Cl. The molecule has 0 atom stereocenters. The van der Waals surface area contributed by atoms with Crippen LogP contribution in [0.3, 0.4) is 0 Å². The molecule has 0 aromatic heterocycles. The Morgan fingerprint density at radius 1 is 1.44 bits per heavy atom. The number of hydrogen-bond acceptors (Lipinski definition) is 2. The molecule has 0 radical (unpaired) electrons. The van der Waals surface area contributed by atoms with Crippen LogP contribution >= 0.6 is 23.8 Å². The van der Waals surface area contributed by atoms with Crippen LogP contribution < -0.4 is 5.73 Å². The highest BCUT2D eigenvalue weighted by Crippen LogP contribution is 2.17. The average Bonchev–Trinajstić information content (AvgIpc) is 2.19. The van der Waals surface area contributed by atoms with Gasteiger partial charge in [0.15, 0.2) is 0 Å². The number of nitrogens with zero attached hydrogens (tertiary/aromatic N) is 1. The van der Waals surface area contributed by atoms with Crippen LogP contribution in [0, 0.1) is 0 Å². The van der Waals surface area contributed by atoms with Crippen LogP contribution in [-0.2, 0) is 6.54 Å². The Balaban J connectivity index is 2.76. The normalized spacial score (nSPS) is 11.1. The van der Waals surface area contributed by atoms with Crippen LogP contribution in [-0.4, -0.2) is 22.5 Å². The lowest BCUT2D eigenvalue weighted by Gasteiger charge is -2.26. The molecule has 0 bridgehead atoms. The molecule has 0 saturated carbocycles. The molecule has 0 amide bonds. The highest BCUT2D eigenvalue weighted by atomic mass is 35.5. The lowest BCUT2D eigenvalue weighted by Crippen LogP contribution is -2.37. The Morgan fingerprint density at radius 3 is 2.56 bits per heavy atom. The molecule has 4 heteroatoms. The molecule has 1 aromatic carbocycles. The number of halogens is 1. The van der Waals surface area contributed by atoms with E-state index in [1.807, 2.05) is 24.3 Å². The van der Waals surface area contributed by atoms with E-state index < -0.39 is 0 Å². The summed E-state index contributed by atoms with van der Waals surface area (Å²) in [5.41, 5.74) is 6.69. The minimum Gasteiger partial charge on any atom is -0.392 e. The first-order valence-corrected chi connectivity index (χ1v) is 6.05. The molecular weight excluding hydrogens is 240 g/mol. The van der Waals surface area contributed by atoms with Gasteiger partial charge in [0.05, 0.1) is 4.99 Å². The third-order valence-corrected chi connectivity index (χ3v) is 2.92. The van der Waals surface area contributed by atoms with Gasteiger partial charge in [-0.05, 0) is 25.5 Å². The molecule has 0 fully saturated rings. The van der Waals surface area contributed by atoms with Gasteiger partial charge in [0.25, 0.3) is 0 Å². The van der Waals surface area contributed by atoms with E-state index >= 15 is 0 Å². The van der Waals surface area contributed by atoms with E-state index in [-0.39, 0.29) is 0 Å². The molecule has 1 rings (SSSR count). The number of thiocarbonyl (C=S) groups is 1. The van der Waals surface area contributed by atoms with Crippen molar-refractivity contribution >= 4 is 28.8 Å². The smallest absolute Gasteiger partial charge is 0.0870 e. The molecule has 0 saturated heterocycles. The monoisotopic (exact) mass is 256 g/mol. The van der Waals surface area contributed by atoms with E-state index in [4.69, 9.17) is 29.6 Å². The van der Waals surface area contributed by atoms with Crippen LogP contribution in [0.2, 0.25) is 5.02 Å². The minimum absolute atomic E-state index is 0.387. The number of benzene rings is 1. The Hall–Kier alpha value is -0.640. The second-order valence-electron chi connectivity index (χ2n) is 4.06. The van der Waals surface area contributed by atoms with Gasteiger partial charge in [0, 0.05) is 24.2 Å². The van der Waals surface area contributed by atoms with E-state index in [1.54, 1.807) is 0 Å². The third kappa shape index (κ3) is 4.08. The van der Waals surface area contributed by atoms with Gasteiger partial charge >= 0.3 is 0 Å². The maximum Gasteiger partial charge on any atom is 0.0870 e. The van der Waals surface area contributed by atoms with Gasteiger partial charge in [-0.2, -0.15) is 0 Å². The summed E-state index contributed by atoms with van der Waals surface area (Å²) in [6.07, 6.45) is 0. The van der Waals surface area contributed by atoms with Gasteiger partial charge in [-0.1, -0.05) is 42.0 Å². The van der Waals surface area contributed by atoms with Crippen molar-refractivity contribution in [3.8, 4) is 0 Å². The predicted octanol–water partition coefficient (Wildman–Crippen LogP) is 2.84. The molecule has 0 aliphatic rings. The zero-order valence-electron chi connectivity index (χ0n) is 9.61. The lowest BCUT2D eigenvalue weighted by molar-refractivity contribution is 0.245. The first-order chi connectivity index (χ1) is 7.50. The lowest BCUT2D eigenvalue weighted by atomic mass is 10.2. The topological polar surface area (TPSA) is 29.3 Å². The summed E-state index contributed by atoms with van der Waals surface area (Å²) in [5, 5.41) is 0.788. The Bertz CT molecular complexity index is 366. The summed E-state index contributed by atoms with van der Waals surface area (Å²) in [6, 6.07) is 8.23. The van der Waals surface area contributed by atoms with Gasteiger partial charge in [0.1, 0.15) is 0 Å². The van der Waals surface area contributed by atoms with Gasteiger partial charge in [-0.25, -0.2) is 0 Å². The fourth-order valence-electron chi connectivity index (χ4n) is 1.47. The van der Waals surface area contributed by atoms with Gasteiger partial charge < -0.3 is 5.73 Å². The molecule has 0 aliphatic heterocycles. The molecular formula is C12H17ClN2S. The van der Waals surface area contributed by atoms with Crippen LogP contribution in [0.25, 0.3) is 0 Å². The van der Waals surface area contributed by atoms with E-state index in [0.717, 1.165) is 17.1 Å². The highest BCUT2D eigenvalue weighted by Gasteiger charge is 2.12. The van der Waals surface area contributed by atoms with Crippen molar-refractivity contribution in [1.82, 2.24) is 4.90 Å². The van der Waals surface area contributed by atoms with Gasteiger partial charge in [-0.3, -0.25) is 4.90 Å². The molecule has 88 valence electrons. The molecule has 1 aromatic rings. The van der Waals surface area contributed by atoms with Gasteiger partial charge in [-0.15, -0.1) is 0 Å². The quantitative estimate of drug-likeness (QED) is 0.822. The largest absolute Gasteiger partial charge is 0.392 e. The van der Waals surface area contributed by atoms with E-state index in [1.165, 1.54) is 0 Å². The molecule has 16 heavy (non-hydrogen) atoms. The van der Waals surface area contributed by atoms with E-state index in [0.29, 0.717) is 17.6 Å². The highest BCUT2D eigenvalue weighted by molar-refractivity contribution is 7.80. The summed E-state index contributed by atoms with van der Waals surface area (Å²) in [7, 11) is 0. The van der Waals surface area contributed by atoms with Crippen LogP contribution in [0.4, 0.5) is 0 Å². The van der Waals surface area contributed by atoms with Crippen molar-refractivity contribution in [2.24, 2.45) is 5.73 Å². The zero-order valence-corrected chi connectivity index (χ0v) is 11.2. The molecule has 0 heterocycles. The first kappa shape index (κ1) is 13.4. The number of nitrogens with two attached hydrogens (primary N) is 1. The van der Waals surface area contributed by atoms with Crippen LogP contribution in [0.15, 0.2) is 24.3 Å². The standard InChI is InChI=1S/C12H17ClN2S/c1-9(2)15(8-12(14)16)7-10-5-3-4-6-11(10)13/h3-6,9H,7-8H2,1-2H3,(H2,14,16). The molecule has 2 nitrogen and oxygen atoms in total. The molecule has 0 spiro atoms. The Morgan fingerprint density at radius 2 is 2.06 bits per heavy atom. The summed E-state index contributed by atoms with van der Waals surface area (Å²) >= 11 is 11.1. The van der Waals surface area contributed by atoms with Crippen molar-refractivity contribution in [1.29, 1.82) is 0 Å². The third-order valence-electron chi connectivity index (χ3n) is 2.42. The van der Waals surface area contributed by atoms with Crippen molar-refractivity contribution in [3.63, 3.8) is 0 Å². The zero-order chi connectivity index (χ0) is 12.1. The summed E-state index contributed by atoms with van der Waals surface area (Å²) in [5.74, 6) is 0. The molecule has 0 unspecified atom stereocenters. The van der Waals surface area contributed by atoms with Crippen LogP contribution in [0.1, 0.15) is 19.4 Å². The Labute approximate surface area is 107 Å². The maximum absolute atomic E-state index is 6.12. The summed E-state index contributed by atoms with van der Waals surface area (Å²) < 4.78 is 0. The number of rotatable bonds is 5. The van der Waals surface area contributed by atoms with Crippen molar-refractivity contribution < 1.29 is 0 Å². The fourth-order valence-corrected chi connectivity index (χ4v) is 1.83. The van der Waals surface area contributed by atoms with Crippen molar-refractivity contribution in [3.05, 3.63) is 34.9 Å². The number of hydrogen-bond donors (Lipinski definition) is 1. The van der Waals surface area contributed by atoms with Crippen molar-refractivity contribution in [2.45, 2.75) is 26.4 Å².